The maximum atomic E-state index is 13.4. The summed E-state index contributed by atoms with van der Waals surface area (Å²) in [5.74, 6) is -1.49. The van der Waals surface area contributed by atoms with Crippen molar-refractivity contribution >= 4 is 36.2 Å². The van der Waals surface area contributed by atoms with Crippen LogP contribution in [0.15, 0.2) is 30.3 Å². The largest absolute Gasteiger partial charge is 0.480 e. The number of halogens is 1. The Morgan fingerprint density at radius 1 is 1.08 bits per heavy atom. The monoisotopic (exact) mass is 540 g/mol. The van der Waals surface area contributed by atoms with Gasteiger partial charge in [-0.2, -0.15) is 0 Å². The molecule has 2 unspecified atom stereocenters. The summed E-state index contributed by atoms with van der Waals surface area (Å²) in [4.78, 5) is 40.5. The van der Waals surface area contributed by atoms with Crippen molar-refractivity contribution in [3.63, 3.8) is 0 Å². The molecule has 0 aromatic heterocycles. The van der Waals surface area contributed by atoms with Crippen LogP contribution in [0, 0.1) is 17.2 Å². The van der Waals surface area contributed by atoms with Gasteiger partial charge in [-0.25, -0.2) is 4.79 Å². The minimum atomic E-state index is -1.30. The Kier molecular flexibility index (Phi) is 13.4. The summed E-state index contributed by atoms with van der Waals surface area (Å²) in [5.41, 5.74) is 0.829. The van der Waals surface area contributed by atoms with Crippen LogP contribution < -0.4 is 10.6 Å². The van der Waals surface area contributed by atoms with Crippen LogP contribution in [0.25, 0.3) is 0 Å². The summed E-state index contributed by atoms with van der Waals surface area (Å²) in [6, 6.07) is 6.88. The molecule has 0 aliphatic carbocycles. The third-order valence-corrected chi connectivity index (χ3v) is 6.19. The maximum absolute atomic E-state index is 13.4. The predicted molar refractivity (Wildman–Crippen MR) is 142 cm³/mol. The lowest BCUT2D eigenvalue weighted by Gasteiger charge is -2.33. The van der Waals surface area contributed by atoms with E-state index in [4.69, 9.17) is 14.9 Å². The average Bonchev–Trinajstić information content (AvgIpc) is 3.34. The highest BCUT2D eigenvalue weighted by atomic mass is 35.5. The normalized spacial score (nSPS) is 17.4. The molecular formula is C26H41ClN4O6. The Hall–Kier alpha value is -2.85. The molecule has 1 fully saturated rings. The van der Waals surface area contributed by atoms with Crippen LogP contribution in [0.1, 0.15) is 53.0 Å². The first-order chi connectivity index (χ1) is 17.1. The van der Waals surface area contributed by atoms with Gasteiger partial charge in [0.2, 0.25) is 17.7 Å². The topological polar surface area (TPSA) is 141 Å². The minimum Gasteiger partial charge on any atom is -0.480 e. The van der Waals surface area contributed by atoms with Crippen molar-refractivity contribution < 1.29 is 29.0 Å². The molecule has 10 nitrogen and oxygen atoms in total. The first kappa shape index (κ1) is 32.2. The Balaban J connectivity index is 0.00000684. The van der Waals surface area contributed by atoms with E-state index in [1.54, 1.807) is 6.92 Å². The zero-order chi connectivity index (χ0) is 26.8. The van der Waals surface area contributed by atoms with Gasteiger partial charge in [0.25, 0.3) is 0 Å². The number of rotatable bonds is 11. The molecule has 3 amide bonds. The number of alkyl carbamates (subject to hydrolysis) is 1. The smallest absolute Gasteiger partial charge is 0.408 e. The van der Waals surface area contributed by atoms with Crippen molar-refractivity contribution in [2.24, 2.45) is 11.8 Å². The van der Waals surface area contributed by atoms with E-state index < -0.39 is 36.2 Å². The predicted octanol–water partition coefficient (Wildman–Crippen LogP) is 2.87. The van der Waals surface area contributed by atoms with Crippen LogP contribution in [-0.2, 0) is 25.7 Å². The fraction of sp³-hybridized carbons (Fsp3) is 0.615. The molecule has 0 saturated carbocycles. The number of benzene rings is 1. The maximum Gasteiger partial charge on any atom is 0.408 e. The molecule has 1 aliphatic rings. The molecule has 1 aromatic carbocycles. The Morgan fingerprint density at radius 2 is 1.73 bits per heavy atom. The summed E-state index contributed by atoms with van der Waals surface area (Å²) in [6.45, 7) is 9.68. The van der Waals surface area contributed by atoms with E-state index in [-0.39, 0.29) is 49.3 Å². The summed E-state index contributed by atoms with van der Waals surface area (Å²) < 4.78 is 10.4. The Morgan fingerprint density at radius 3 is 2.30 bits per heavy atom. The number of aliphatic hydroxyl groups is 1. The average molecular weight is 541 g/mol. The minimum absolute atomic E-state index is 0. The Bertz CT molecular complexity index is 898. The van der Waals surface area contributed by atoms with Crippen molar-refractivity contribution in [1.29, 1.82) is 5.41 Å². The Labute approximate surface area is 225 Å². The molecule has 0 radical (unpaired) electrons. The molecule has 208 valence electrons. The quantitative estimate of drug-likeness (QED) is 0.251. The van der Waals surface area contributed by atoms with Gasteiger partial charge in [0, 0.05) is 6.54 Å². The van der Waals surface area contributed by atoms with Gasteiger partial charge in [-0.15, -0.1) is 12.4 Å². The molecular weight excluding hydrogens is 500 g/mol. The van der Waals surface area contributed by atoms with E-state index in [0.29, 0.717) is 19.4 Å². The molecule has 1 heterocycles. The van der Waals surface area contributed by atoms with Gasteiger partial charge in [0.05, 0.1) is 12.6 Å². The molecule has 1 aromatic rings. The first-order valence-corrected chi connectivity index (χ1v) is 12.5. The molecule has 2 rings (SSSR count). The number of nitrogens with one attached hydrogen (secondary N) is 3. The van der Waals surface area contributed by atoms with E-state index in [2.05, 4.69) is 10.6 Å². The van der Waals surface area contributed by atoms with Crippen LogP contribution >= 0.6 is 12.4 Å². The van der Waals surface area contributed by atoms with Crippen molar-refractivity contribution in [3.8, 4) is 0 Å². The lowest BCUT2D eigenvalue weighted by atomic mass is 9.97. The molecule has 11 heteroatoms. The zero-order valence-corrected chi connectivity index (χ0v) is 23.0. The number of hydrogen-bond donors (Lipinski definition) is 4. The van der Waals surface area contributed by atoms with Gasteiger partial charge in [-0.05, 0) is 37.2 Å². The number of aliphatic hydroxyl groups excluding tert-OH is 1. The zero-order valence-electron chi connectivity index (χ0n) is 22.2. The third kappa shape index (κ3) is 9.19. The second kappa shape index (κ2) is 15.4. The molecule has 37 heavy (non-hydrogen) atoms. The number of carbonyl (C=O) groups is 3. The highest BCUT2D eigenvalue weighted by Crippen LogP contribution is 2.21. The number of hydrogen-bond acceptors (Lipinski definition) is 7. The third-order valence-electron chi connectivity index (χ3n) is 6.19. The molecule has 1 aliphatic heterocycles. The summed E-state index contributed by atoms with van der Waals surface area (Å²) in [5, 5.41) is 23.9. The first-order valence-electron chi connectivity index (χ1n) is 12.5. The molecule has 1 saturated heterocycles. The van der Waals surface area contributed by atoms with Gasteiger partial charge >= 0.3 is 6.09 Å². The fourth-order valence-corrected chi connectivity index (χ4v) is 4.16. The van der Waals surface area contributed by atoms with E-state index in [1.165, 1.54) is 4.90 Å². The van der Waals surface area contributed by atoms with Crippen molar-refractivity contribution in [3.05, 3.63) is 35.9 Å². The van der Waals surface area contributed by atoms with Crippen LogP contribution in [0.4, 0.5) is 4.79 Å². The second-order valence-corrected chi connectivity index (χ2v) is 9.64. The van der Waals surface area contributed by atoms with E-state index in [1.807, 2.05) is 58.0 Å². The fourth-order valence-electron chi connectivity index (χ4n) is 4.16. The van der Waals surface area contributed by atoms with Crippen molar-refractivity contribution in [2.75, 3.05) is 13.2 Å². The molecule has 0 spiro atoms. The number of ether oxygens (including phenoxy) is 2. The van der Waals surface area contributed by atoms with Crippen LogP contribution in [0.3, 0.4) is 0 Å². The van der Waals surface area contributed by atoms with Crippen molar-refractivity contribution in [1.82, 2.24) is 15.5 Å². The van der Waals surface area contributed by atoms with Gasteiger partial charge in [0.15, 0.2) is 0 Å². The number of amides is 3. The highest BCUT2D eigenvalue weighted by molar-refractivity contribution is 5.92. The van der Waals surface area contributed by atoms with Gasteiger partial charge in [-0.1, -0.05) is 58.0 Å². The number of nitrogens with zero attached hydrogens (tertiary/aromatic N) is 1. The van der Waals surface area contributed by atoms with Gasteiger partial charge < -0.3 is 30.1 Å². The summed E-state index contributed by atoms with van der Waals surface area (Å²) in [6.07, 6.45) is -0.908. The van der Waals surface area contributed by atoms with Crippen LogP contribution in [0.5, 0.6) is 0 Å². The van der Waals surface area contributed by atoms with Crippen molar-refractivity contribution in [2.45, 2.75) is 78.3 Å². The van der Waals surface area contributed by atoms with Crippen LogP contribution in [0.2, 0.25) is 0 Å². The summed E-state index contributed by atoms with van der Waals surface area (Å²) >= 11 is 0. The second-order valence-electron chi connectivity index (χ2n) is 9.64. The molecule has 0 bridgehead atoms. The SMILES string of the molecule is CCOC(=N)C(O)C(NC(=O)[C@@H]1CCCN1C(=O)[C@@H](NC(=O)OCc1ccccc1)C(C)C)C(C)C.Cl. The highest BCUT2D eigenvalue weighted by Gasteiger charge is 2.40. The standard InChI is InChI=1S/C26H40N4O6.ClH/c1-6-35-23(27)22(31)20(16(2)3)28-24(32)19-13-10-14-30(19)25(33)21(17(4)5)29-26(34)36-15-18-11-8-7-9-12-18;/h7-9,11-12,16-17,19-22,27,31H,6,10,13-15H2,1-5H3,(H,28,32)(H,29,34);1H/t19-,20?,21-,22?;/m0./s1. The number of carbonyl (C=O) groups excluding carboxylic acids is 3. The lowest BCUT2D eigenvalue weighted by Crippen LogP contribution is -2.58. The van der Waals surface area contributed by atoms with Gasteiger partial charge in [-0.3, -0.25) is 15.0 Å². The van der Waals surface area contributed by atoms with E-state index in [9.17, 15) is 19.5 Å². The van der Waals surface area contributed by atoms with E-state index in [0.717, 1.165) is 5.56 Å². The number of likely N-dealkylation sites (tertiary alicyclic amines) is 1. The van der Waals surface area contributed by atoms with Crippen LogP contribution in [-0.4, -0.2) is 71.2 Å². The molecule has 4 atom stereocenters. The lowest BCUT2D eigenvalue weighted by molar-refractivity contribution is -0.141. The molecule has 4 N–H and O–H groups in total. The summed E-state index contributed by atoms with van der Waals surface area (Å²) in [7, 11) is 0. The van der Waals surface area contributed by atoms with Gasteiger partial charge in [0.1, 0.15) is 24.8 Å². The van der Waals surface area contributed by atoms with E-state index >= 15 is 0 Å².